The molecule has 32 heavy (non-hydrogen) atoms. The Morgan fingerprint density at radius 3 is 2.34 bits per heavy atom. The van der Waals surface area contributed by atoms with E-state index >= 15 is 0 Å². The minimum Gasteiger partial charge on any atom is -0.332 e. The van der Waals surface area contributed by atoms with E-state index in [4.69, 9.17) is 12.2 Å². The molecule has 0 aliphatic carbocycles. The molecule has 4 aromatic rings. The van der Waals surface area contributed by atoms with E-state index in [2.05, 4.69) is 62.7 Å². The number of nitrogens with zero attached hydrogens (tertiary/aromatic N) is 3. The molecule has 0 fully saturated rings. The van der Waals surface area contributed by atoms with Gasteiger partial charge in [-0.1, -0.05) is 38.1 Å². The summed E-state index contributed by atoms with van der Waals surface area (Å²) < 4.78 is 0.705. The quantitative estimate of drug-likeness (QED) is 0.344. The van der Waals surface area contributed by atoms with Crippen LogP contribution in [-0.4, -0.2) is 26.0 Å². The number of hydrogen-bond acceptors (Lipinski definition) is 4. The Morgan fingerprint density at radius 2 is 1.69 bits per heavy atom. The highest BCUT2D eigenvalue weighted by atomic mass is 79.9. The number of aryl methyl sites for hydroxylation is 1. The number of thiocarbonyl (C=S) groups is 1. The van der Waals surface area contributed by atoms with Gasteiger partial charge in [0, 0.05) is 10.2 Å². The SMILES string of the molecule is Cc1cc2nn(-c3ccc(C(C)C)cc3)nc2cc1NC(=S)NC(=O)c1ccccc1Br. The van der Waals surface area contributed by atoms with Crippen molar-refractivity contribution in [2.24, 2.45) is 0 Å². The molecule has 1 amide bonds. The molecule has 0 saturated carbocycles. The average molecular weight is 508 g/mol. The van der Waals surface area contributed by atoms with Crippen LogP contribution in [0.2, 0.25) is 0 Å². The number of rotatable bonds is 4. The van der Waals surface area contributed by atoms with Gasteiger partial charge in [-0.25, -0.2) is 0 Å². The summed E-state index contributed by atoms with van der Waals surface area (Å²) in [6.45, 7) is 6.28. The lowest BCUT2D eigenvalue weighted by molar-refractivity contribution is 0.0977. The van der Waals surface area contributed by atoms with Crippen molar-refractivity contribution >= 4 is 55.9 Å². The minimum atomic E-state index is -0.288. The summed E-state index contributed by atoms with van der Waals surface area (Å²) in [7, 11) is 0. The first kappa shape index (κ1) is 22.1. The molecule has 0 aliphatic rings. The molecule has 162 valence electrons. The summed E-state index contributed by atoms with van der Waals surface area (Å²) in [6.07, 6.45) is 0. The maximum atomic E-state index is 12.5. The van der Waals surface area contributed by atoms with E-state index in [1.807, 2.05) is 43.3 Å². The van der Waals surface area contributed by atoms with Gasteiger partial charge in [-0.05, 0) is 88.5 Å². The lowest BCUT2D eigenvalue weighted by Gasteiger charge is -2.12. The van der Waals surface area contributed by atoms with Gasteiger partial charge in [-0.3, -0.25) is 10.1 Å². The molecule has 0 spiro atoms. The molecule has 1 aromatic heterocycles. The van der Waals surface area contributed by atoms with E-state index in [9.17, 15) is 4.79 Å². The molecular formula is C24H22BrN5OS. The van der Waals surface area contributed by atoms with Gasteiger partial charge < -0.3 is 5.32 Å². The van der Waals surface area contributed by atoms with Crippen LogP contribution in [0.4, 0.5) is 5.69 Å². The van der Waals surface area contributed by atoms with Gasteiger partial charge in [0.2, 0.25) is 0 Å². The number of fused-ring (bicyclic) bond motifs is 1. The maximum Gasteiger partial charge on any atom is 0.258 e. The Hall–Kier alpha value is -3.10. The van der Waals surface area contributed by atoms with Crippen molar-refractivity contribution in [3.05, 3.63) is 81.8 Å². The van der Waals surface area contributed by atoms with E-state index in [1.165, 1.54) is 5.56 Å². The fourth-order valence-electron chi connectivity index (χ4n) is 3.28. The van der Waals surface area contributed by atoms with Crippen LogP contribution in [-0.2, 0) is 0 Å². The standard InChI is InChI=1S/C24H22BrN5OS/c1-14(2)16-8-10-17(11-9-16)30-28-21-12-15(3)20(13-22(21)29-30)26-24(32)27-23(31)18-6-4-5-7-19(18)25/h4-14H,1-3H3,(H2,26,27,31,32). The van der Waals surface area contributed by atoms with Crippen LogP contribution in [0.25, 0.3) is 16.7 Å². The number of hydrogen-bond donors (Lipinski definition) is 2. The van der Waals surface area contributed by atoms with Crippen molar-refractivity contribution in [1.29, 1.82) is 0 Å². The van der Waals surface area contributed by atoms with Crippen LogP contribution in [0.1, 0.15) is 41.3 Å². The fourth-order valence-corrected chi connectivity index (χ4v) is 3.95. The molecule has 8 heteroatoms. The van der Waals surface area contributed by atoms with Crippen molar-refractivity contribution in [2.45, 2.75) is 26.7 Å². The first-order valence-corrected chi connectivity index (χ1v) is 11.4. The molecule has 4 rings (SSSR count). The molecular weight excluding hydrogens is 486 g/mol. The summed E-state index contributed by atoms with van der Waals surface area (Å²) in [5.41, 5.74) is 5.89. The first-order valence-electron chi connectivity index (χ1n) is 10.2. The normalized spacial score (nSPS) is 11.0. The molecule has 1 heterocycles. The van der Waals surface area contributed by atoms with Gasteiger partial charge in [0.25, 0.3) is 5.91 Å². The molecule has 2 N–H and O–H groups in total. The Balaban J connectivity index is 1.53. The van der Waals surface area contributed by atoms with Crippen LogP contribution in [0, 0.1) is 6.92 Å². The summed E-state index contributed by atoms with van der Waals surface area (Å²) >= 11 is 8.74. The van der Waals surface area contributed by atoms with E-state index in [0.29, 0.717) is 16.0 Å². The average Bonchev–Trinajstić information content (AvgIpc) is 3.17. The highest BCUT2D eigenvalue weighted by Gasteiger charge is 2.13. The number of anilines is 1. The van der Waals surface area contributed by atoms with Gasteiger partial charge >= 0.3 is 0 Å². The second-order valence-corrected chi connectivity index (χ2v) is 9.04. The Bertz CT molecular complexity index is 1310. The number of halogens is 1. The predicted octanol–water partition coefficient (Wildman–Crippen LogP) is 5.74. The largest absolute Gasteiger partial charge is 0.332 e. The third-order valence-corrected chi connectivity index (χ3v) is 6.01. The van der Waals surface area contributed by atoms with E-state index in [-0.39, 0.29) is 11.0 Å². The lowest BCUT2D eigenvalue weighted by Crippen LogP contribution is -2.34. The van der Waals surface area contributed by atoms with Gasteiger partial charge in [-0.2, -0.15) is 4.80 Å². The number of carbonyl (C=O) groups is 1. The Labute approximate surface area is 200 Å². The minimum absolute atomic E-state index is 0.213. The highest BCUT2D eigenvalue weighted by Crippen LogP contribution is 2.23. The van der Waals surface area contributed by atoms with Gasteiger partial charge in [0.05, 0.1) is 11.3 Å². The first-order chi connectivity index (χ1) is 15.3. The molecule has 6 nitrogen and oxygen atoms in total. The zero-order chi connectivity index (χ0) is 22.8. The van der Waals surface area contributed by atoms with Crippen LogP contribution < -0.4 is 10.6 Å². The van der Waals surface area contributed by atoms with Gasteiger partial charge in [-0.15, -0.1) is 10.2 Å². The van der Waals surface area contributed by atoms with Crippen LogP contribution in [0.5, 0.6) is 0 Å². The Morgan fingerprint density at radius 1 is 1.03 bits per heavy atom. The van der Waals surface area contributed by atoms with Crippen molar-refractivity contribution in [1.82, 2.24) is 20.3 Å². The summed E-state index contributed by atoms with van der Waals surface area (Å²) in [6, 6.07) is 19.2. The van der Waals surface area contributed by atoms with Crippen molar-refractivity contribution in [3.63, 3.8) is 0 Å². The molecule has 0 aliphatic heterocycles. The van der Waals surface area contributed by atoms with E-state index < -0.39 is 0 Å². The number of nitrogens with one attached hydrogen (secondary N) is 2. The third kappa shape index (κ3) is 4.71. The maximum absolute atomic E-state index is 12.5. The third-order valence-electron chi connectivity index (χ3n) is 5.11. The Kier molecular flexibility index (Phi) is 6.34. The number of amides is 1. The molecule has 0 radical (unpaired) electrons. The monoisotopic (exact) mass is 507 g/mol. The highest BCUT2D eigenvalue weighted by molar-refractivity contribution is 9.10. The zero-order valence-corrected chi connectivity index (χ0v) is 20.3. The van der Waals surface area contributed by atoms with E-state index in [0.717, 1.165) is 28.0 Å². The second-order valence-electron chi connectivity index (χ2n) is 7.78. The van der Waals surface area contributed by atoms with Crippen molar-refractivity contribution in [3.8, 4) is 5.69 Å². The lowest BCUT2D eigenvalue weighted by atomic mass is 10.0. The van der Waals surface area contributed by atoms with Crippen LogP contribution in [0.15, 0.2) is 65.1 Å². The molecule has 0 saturated heterocycles. The molecule has 0 atom stereocenters. The molecule has 3 aromatic carbocycles. The topological polar surface area (TPSA) is 71.8 Å². The predicted molar refractivity (Wildman–Crippen MR) is 136 cm³/mol. The van der Waals surface area contributed by atoms with Gasteiger partial charge in [0.1, 0.15) is 11.0 Å². The van der Waals surface area contributed by atoms with E-state index in [1.54, 1.807) is 16.9 Å². The number of aromatic nitrogens is 3. The smallest absolute Gasteiger partial charge is 0.258 e. The zero-order valence-electron chi connectivity index (χ0n) is 17.9. The summed E-state index contributed by atoms with van der Waals surface area (Å²) in [5, 5.41) is 15.2. The molecule has 0 bridgehead atoms. The summed E-state index contributed by atoms with van der Waals surface area (Å²) in [5.74, 6) is 0.182. The fraction of sp³-hybridized carbons (Fsp3) is 0.167. The van der Waals surface area contributed by atoms with Gasteiger partial charge in [0.15, 0.2) is 5.11 Å². The summed E-state index contributed by atoms with van der Waals surface area (Å²) in [4.78, 5) is 14.1. The van der Waals surface area contributed by atoms with Crippen molar-refractivity contribution < 1.29 is 4.79 Å². The van der Waals surface area contributed by atoms with Crippen molar-refractivity contribution in [2.75, 3.05) is 5.32 Å². The van der Waals surface area contributed by atoms with Crippen LogP contribution >= 0.6 is 28.1 Å². The number of carbonyl (C=O) groups excluding carboxylic acids is 1. The van der Waals surface area contributed by atoms with Crippen LogP contribution in [0.3, 0.4) is 0 Å². The molecule has 0 unspecified atom stereocenters. The number of benzene rings is 3. The second kappa shape index (κ2) is 9.18.